The normalized spacial score (nSPS) is 18.2. The highest BCUT2D eigenvalue weighted by Crippen LogP contribution is 2.47. The van der Waals surface area contributed by atoms with Gasteiger partial charge in [0.25, 0.3) is 5.91 Å². The van der Waals surface area contributed by atoms with Crippen LogP contribution < -0.4 is 20.3 Å². The van der Waals surface area contributed by atoms with Gasteiger partial charge in [-0.25, -0.2) is 14.8 Å². The van der Waals surface area contributed by atoms with Crippen LogP contribution in [0.4, 0.5) is 0 Å². The maximum absolute atomic E-state index is 13.9. The Morgan fingerprint density at radius 3 is 2.70 bits per heavy atom. The van der Waals surface area contributed by atoms with Gasteiger partial charge >= 0.3 is 0 Å². The minimum absolute atomic E-state index is 0.155. The van der Waals surface area contributed by atoms with E-state index in [2.05, 4.69) is 37.5 Å². The van der Waals surface area contributed by atoms with Crippen molar-refractivity contribution in [3.05, 3.63) is 77.1 Å². The average molecular weight is 633 g/mol. The first kappa shape index (κ1) is 29.6. The number of rotatable bonds is 6. The molecule has 242 valence electrons. The number of benzene rings is 3. The van der Waals surface area contributed by atoms with Crippen LogP contribution in [-0.2, 0) is 16.9 Å². The number of ether oxygens (including phenoxy) is 2. The van der Waals surface area contributed by atoms with E-state index in [9.17, 15) is 4.79 Å². The molecule has 3 aromatic carbocycles. The third-order valence-corrected chi connectivity index (χ3v) is 9.83. The molecule has 2 aromatic heterocycles. The molecule has 4 heterocycles. The maximum atomic E-state index is 13.9. The number of nitrogens with one attached hydrogen (secondary N) is 3. The van der Waals surface area contributed by atoms with Gasteiger partial charge in [0.2, 0.25) is 6.23 Å². The summed E-state index contributed by atoms with van der Waals surface area (Å²) in [5.74, 6) is 3.35. The zero-order valence-electron chi connectivity index (χ0n) is 27.3. The Kier molecular flexibility index (Phi) is 7.20. The van der Waals surface area contributed by atoms with Crippen molar-refractivity contribution in [3.8, 4) is 22.8 Å². The number of amidine groups is 1. The van der Waals surface area contributed by atoms with Crippen LogP contribution in [0.5, 0.6) is 11.5 Å². The smallest absolute Gasteiger partial charge is 0.252 e. The van der Waals surface area contributed by atoms with Crippen LogP contribution in [0.1, 0.15) is 92.3 Å². The van der Waals surface area contributed by atoms with Gasteiger partial charge in [0, 0.05) is 33.7 Å². The van der Waals surface area contributed by atoms with Crippen LogP contribution in [-0.4, -0.2) is 40.0 Å². The number of methoxy groups -OCH3 is 1. The summed E-state index contributed by atoms with van der Waals surface area (Å²) in [6.45, 7) is 7.02. The first-order chi connectivity index (χ1) is 22.8. The summed E-state index contributed by atoms with van der Waals surface area (Å²) in [6.07, 6.45) is 5.70. The van der Waals surface area contributed by atoms with Crippen LogP contribution in [0.25, 0.3) is 33.2 Å². The summed E-state index contributed by atoms with van der Waals surface area (Å²) in [5.41, 5.74) is 9.97. The number of nitrogens with zero attached hydrogens (tertiary/aromatic N) is 3. The molecule has 8 rings (SSSR count). The zero-order valence-corrected chi connectivity index (χ0v) is 27.3. The summed E-state index contributed by atoms with van der Waals surface area (Å²) < 4.78 is 14.2. The van der Waals surface area contributed by atoms with Gasteiger partial charge in [-0.05, 0) is 81.5 Å². The first-order valence-corrected chi connectivity index (χ1v) is 16.5. The van der Waals surface area contributed by atoms with E-state index < -0.39 is 11.8 Å². The lowest BCUT2D eigenvalue weighted by atomic mass is 9.81. The molecule has 5 aromatic rings. The molecule has 1 amide bonds. The molecule has 1 saturated carbocycles. The number of carbonyl (C=O) groups excluding carboxylic acids is 1. The van der Waals surface area contributed by atoms with Crippen molar-refractivity contribution < 1.29 is 19.1 Å². The topological polar surface area (TPSA) is 115 Å². The second-order valence-corrected chi connectivity index (χ2v) is 13.4. The second-order valence-electron chi connectivity index (χ2n) is 13.4. The predicted molar refractivity (Wildman–Crippen MR) is 182 cm³/mol. The number of imidazole rings is 1. The molecule has 47 heavy (non-hydrogen) atoms. The van der Waals surface area contributed by atoms with Crippen molar-refractivity contribution in [2.45, 2.75) is 77.1 Å². The summed E-state index contributed by atoms with van der Waals surface area (Å²) in [7, 11) is 1.68. The van der Waals surface area contributed by atoms with Crippen molar-refractivity contribution in [1.82, 2.24) is 25.3 Å². The Morgan fingerprint density at radius 1 is 1.06 bits per heavy atom. The third kappa shape index (κ3) is 5.20. The van der Waals surface area contributed by atoms with Gasteiger partial charge < -0.3 is 24.3 Å². The number of carbonyl (C=O) groups is 1. The van der Waals surface area contributed by atoms with E-state index in [0.717, 1.165) is 45.0 Å². The molecule has 1 fully saturated rings. The molecule has 1 aliphatic carbocycles. The van der Waals surface area contributed by atoms with E-state index in [1.165, 1.54) is 48.7 Å². The number of amides is 1. The highest BCUT2D eigenvalue weighted by Gasteiger charge is 2.31. The number of hydroxylamine groups is 1. The number of aromatic nitrogens is 3. The number of H-pyrrole nitrogens is 1. The minimum atomic E-state index is -0.763. The monoisotopic (exact) mass is 632 g/mol. The fourth-order valence-electron chi connectivity index (χ4n) is 7.44. The minimum Gasteiger partial charge on any atom is -0.497 e. The van der Waals surface area contributed by atoms with Gasteiger partial charge in [-0.2, -0.15) is 0 Å². The molecule has 3 N–H and O–H groups in total. The molecule has 10 heteroatoms. The summed E-state index contributed by atoms with van der Waals surface area (Å²) in [4.78, 5) is 32.2. The Labute approximate surface area is 273 Å². The largest absolute Gasteiger partial charge is 0.497 e. The molecule has 0 bridgehead atoms. The molecule has 10 nitrogen and oxygen atoms in total. The standard InChI is InChI=1S/C37H40N6O4/c1-21-38-35(47-42-21)24-11-15-28-29(18-24)40-36(39-28)37(2,3)41-34(44)23-10-13-26-30(19-23)43-16-17-46-31-20-25(45-4)12-14-27(31)33(43)32(26)22-8-6-5-7-9-22/h10-15,18-20,22,35H,5-9,16-17H2,1-4H3,(H,38,42)(H,39,40)(H,41,44). The summed E-state index contributed by atoms with van der Waals surface area (Å²) >= 11 is 0. The van der Waals surface area contributed by atoms with Crippen molar-refractivity contribution in [2.24, 2.45) is 4.99 Å². The molecule has 1 unspecified atom stereocenters. The SMILES string of the molecule is COc1ccc2c(c1)OCCn1c-2c(C2CCCCC2)c2ccc(C(=O)NC(C)(C)c3nc4ccc(C5N=C(C)NO5)cc4[nH]3)cc21. The fraction of sp³-hybridized carbons (Fsp3) is 0.378. The number of hydrogen-bond acceptors (Lipinski definition) is 7. The van der Waals surface area contributed by atoms with Gasteiger partial charge in [0.1, 0.15) is 29.8 Å². The molecular weight excluding hydrogens is 592 g/mol. The lowest BCUT2D eigenvalue weighted by molar-refractivity contribution is 0.0375. The van der Waals surface area contributed by atoms with Gasteiger partial charge in [-0.3, -0.25) is 10.3 Å². The highest BCUT2D eigenvalue weighted by atomic mass is 16.7. The zero-order chi connectivity index (χ0) is 32.3. The fourth-order valence-corrected chi connectivity index (χ4v) is 7.44. The highest BCUT2D eigenvalue weighted by molar-refractivity contribution is 6.01. The van der Waals surface area contributed by atoms with Gasteiger partial charge in [0.05, 0.1) is 35.9 Å². The van der Waals surface area contributed by atoms with E-state index in [1.54, 1.807) is 7.11 Å². The second kappa shape index (κ2) is 11.5. The van der Waals surface area contributed by atoms with Crippen molar-refractivity contribution in [2.75, 3.05) is 13.7 Å². The molecule has 0 spiro atoms. The van der Waals surface area contributed by atoms with Crippen molar-refractivity contribution in [3.63, 3.8) is 0 Å². The van der Waals surface area contributed by atoms with Gasteiger partial charge in [-0.1, -0.05) is 31.4 Å². The lowest BCUT2D eigenvalue weighted by Crippen LogP contribution is -2.41. The van der Waals surface area contributed by atoms with Crippen molar-refractivity contribution in [1.29, 1.82) is 0 Å². The summed E-state index contributed by atoms with van der Waals surface area (Å²) in [5, 5.41) is 4.47. The van der Waals surface area contributed by atoms with Crippen LogP contribution in [0.15, 0.2) is 59.6 Å². The van der Waals surface area contributed by atoms with Gasteiger partial charge in [-0.15, -0.1) is 0 Å². The van der Waals surface area contributed by atoms with E-state index in [-0.39, 0.29) is 5.91 Å². The molecule has 2 aliphatic heterocycles. The first-order valence-electron chi connectivity index (χ1n) is 16.5. The molecule has 3 aliphatic rings. The van der Waals surface area contributed by atoms with E-state index >= 15 is 0 Å². The van der Waals surface area contributed by atoms with Crippen LogP contribution in [0.3, 0.4) is 0 Å². The number of aromatic amines is 1. The Balaban J connectivity index is 1.14. The third-order valence-electron chi connectivity index (χ3n) is 9.83. The van der Waals surface area contributed by atoms with Crippen LogP contribution in [0, 0.1) is 0 Å². The summed E-state index contributed by atoms with van der Waals surface area (Å²) in [6, 6.07) is 18.2. The Morgan fingerprint density at radius 2 is 1.91 bits per heavy atom. The van der Waals surface area contributed by atoms with E-state index in [0.29, 0.717) is 30.5 Å². The molecule has 0 radical (unpaired) electrons. The van der Waals surface area contributed by atoms with E-state index in [1.807, 2.05) is 63.2 Å². The van der Waals surface area contributed by atoms with Gasteiger partial charge in [0.15, 0.2) is 0 Å². The number of aliphatic imine (C=N–C) groups is 1. The average Bonchev–Trinajstić information content (AvgIpc) is 3.77. The molecule has 0 saturated heterocycles. The quantitative estimate of drug-likeness (QED) is 0.182. The Bertz CT molecular complexity index is 2050. The Hall–Kier alpha value is -4.83. The van der Waals surface area contributed by atoms with Crippen LogP contribution in [0.2, 0.25) is 0 Å². The molecular formula is C37H40N6O4. The van der Waals surface area contributed by atoms with Crippen LogP contribution >= 0.6 is 0 Å². The van der Waals surface area contributed by atoms with Crippen molar-refractivity contribution >= 4 is 33.7 Å². The lowest BCUT2D eigenvalue weighted by Gasteiger charge is -2.24. The molecule has 1 atom stereocenters. The predicted octanol–water partition coefficient (Wildman–Crippen LogP) is 7.25. The number of hydrogen-bond donors (Lipinski definition) is 3. The maximum Gasteiger partial charge on any atom is 0.252 e. The number of fused-ring (bicyclic) bond motifs is 6. The van der Waals surface area contributed by atoms with E-state index in [4.69, 9.17) is 19.3 Å².